The molecule has 1 fully saturated rings. The predicted octanol–water partition coefficient (Wildman–Crippen LogP) is 2.46. The summed E-state index contributed by atoms with van der Waals surface area (Å²) < 4.78 is 5.79. The summed E-state index contributed by atoms with van der Waals surface area (Å²) in [5.41, 5.74) is 0.296. The Morgan fingerprint density at radius 1 is 1.37 bits per heavy atom. The zero-order chi connectivity index (χ0) is 14.3. The van der Waals surface area contributed by atoms with Crippen molar-refractivity contribution in [1.29, 1.82) is 0 Å². The normalized spacial score (nSPS) is 26.1. The van der Waals surface area contributed by atoms with Crippen molar-refractivity contribution in [3.8, 4) is 0 Å². The summed E-state index contributed by atoms with van der Waals surface area (Å²) in [5, 5.41) is 3.62. The fourth-order valence-corrected chi connectivity index (χ4v) is 3.44. The Labute approximate surface area is 123 Å². The Balaban J connectivity index is 2.57. The molecule has 1 N–H and O–H groups in total. The molecule has 0 aromatic heterocycles. The first-order valence-electron chi connectivity index (χ1n) is 7.49. The van der Waals surface area contributed by atoms with E-state index in [0.717, 1.165) is 26.3 Å². The molecule has 0 bridgehead atoms. The molecule has 0 spiro atoms. The van der Waals surface area contributed by atoms with Gasteiger partial charge in [-0.25, -0.2) is 0 Å². The van der Waals surface area contributed by atoms with Crippen molar-refractivity contribution in [3.05, 3.63) is 0 Å². The molecule has 0 amide bonds. The number of hydrogen-bond donors (Lipinski definition) is 1. The predicted molar refractivity (Wildman–Crippen MR) is 86.1 cm³/mol. The van der Waals surface area contributed by atoms with Crippen LogP contribution in [-0.2, 0) is 4.74 Å². The Morgan fingerprint density at radius 3 is 2.63 bits per heavy atom. The average Bonchev–Trinajstić information content (AvgIpc) is 2.38. The lowest BCUT2D eigenvalue weighted by molar-refractivity contribution is -0.0269. The zero-order valence-corrected chi connectivity index (χ0v) is 14.2. The van der Waals surface area contributed by atoms with Crippen LogP contribution in [0.5, 0.6) is 0 Å². The van der Waals surface area contributed by atoms with Crippen molar-refractivity contribution in [2.75, 3.05) is 45.4 Å². The molecule has 0 aliphatic carbocycles. The van der Waals surface area contributed by atoms with Gasteiger partial charge in [0.2, 0.25) is 0 Å². The molecule has 114 valence electrons. The summed E-state index contributed by atoms with van der Waals surface area (Å²) >= 11 is 1.93. The Morgan fingerprint density at radius 2 is 2.11 bits per heavy atom. The maximum absolute atomic E-state index is 5.79. The van der Waals surface area contributed by atoms with Gasteiger partial charge >= 0.3 is 0 Å². The van der Waals surface area contributed by atoms with Crippen molar-refractivity contribution < 1.29 is 4.74 Å². The topological polar surface area (TPSA) is 24.5 Å². The van der Waals surface area contributed by atoms with Gasteiger partial charge in [0.25, 0.3) is 0 Å². The zero-order valence-electron chi connectivity index (χ0n) is 13.4. The highest BCUT2D eigenvalue weighted by molar-refractivity contribution is 7.98. The average molecular weight is 289 g/mol. The number of nitrogens with zero attached hydrogens (tertiary/aromatic N) is 1. The van der Waals surface area contributed by atoms with E-state index in [1.165, 1.54) is 18.6 Å². The van der Waals surface area contributed by atoms with Gasteiger partial charge in [-0.1, -0.05) is 13.8 Å². The van der Waals surface area contributed by atoms with Crippen LogP contribution >= 0.6 is 11.8 Å². The molecular weight excluding hydrogens is 256 g/mol. The van der Waals surface area contributed by atoms with Crippen molar-refractivity contribution in [1.82, 2.24) is 10.2 Å². The van der Waals surface area contributed by atoms with E-state index < -0.39 is 0 Å². The third kappa shape index (κ3) is 6.03. The van der Waals surface area contributed by atoms with E-state index in [2.05, 4.69) is 44.3 Å². The van der Waals surface area contributed by atoms with Crippen LogP contribution in [0.3, 0.4) is 0 Å². The third-order valence-corrected chi connectivity index (χ3v) is 4.85. The third-order valence-electron chi connectivity index (χ3n) is 4.03. The van der Waals surface area contributed by atoms with E-state index in [1.54, 1.807) is 0 Å². The molecule has 2 atom stereocenters. The Bertz CT molecular complexity index is 242. The lowest BCUT2D eigenvalue weighted by atomic mass is 9.81. The second kappa shape index (κ2) is 8.50. The van der Waals surface area contributed by atoms with E-state index in [4.69, 9.17) is 4.74 Å². The summed E-state index contributed by atoms with van der Waals surface area (Å²) in [6.07, 6.45) is 4.66. The SMILES string of the molecule is CSCC(C)N(C)CC1(CNC(C)C)CCCOC1. The second-order valence-electron chi connectivity index (χ2n) is 6.41. The molecule has 4 heteroatoms. The fraction of sp³-hybridized carbons (Fsp3) is 1.00. The van der Waals surface area contributed by atoms with Gasteiger partial charge < -0.3 is 15.0 Å². The highest BCUT2D eigenvalue weighted by Crippen LogP contribution is 2.29. The van der Waals surface area contributed by atoms with Crippen molar-refractivity contribution >= 4 is 11.8 Å². The van der Waals surface area contributed by atoms with E-state index in [0.29, 0.717) is 17.5 Å². The minimum atomic E-state index is 0.296. The summed E-state index contributed by atoms with van der Waals surface area (Å²) in [6.45, 7) is 10.8. The quantitative estimate of drug-likeness (QED) is 0.741. The minimum Gasteiger partial charge on any atom is -0.381 e. The summed E-state index contributed by atoms with van der Waals surface area (Å²) in [6, 6.07) is 1.18. The first-order chi connectivity index (χ1) is 8.99. The molecule has 0 radical (unpaired) electrons. The number of hydrogen-bond acceptors (Lipinski definition) is 4. The maximum Gasteiger partial charge on any atom is 0.0546 e. The Kier molecular flexibility index (Phi) is 7.73. The van der Waals surface area contributed by atoms with Crippen LogP contribution in [0.2, 0.25) is 0 Å². The molecule has 2 unspecified atom stereocenters. The van der Waals surface area contributed by atoms with Crippen LogP contribution in [0.4, 0.5) is 0 Å². The molecule has 19 heavy (non-hydrogen) atoms. The van der Waals surface area contributed by atoms with Gasteiger partial charge in [-0.15, -0.1) is 0 Å². The standard InChI is InChI=1S/C15H32N2OS/c1-13(2)16-10-15(7-6-8-18-12-15)11-17(4)14(3)9-19-5/h13-14,16H,6-12H2,1-5H3. The first-order valence-corrected chi connectivity index (χ1v) is 8.89. The summed E-state index contributed by atoms with van der Waals surface area (Å²) in [4.78, 5) is 2.51. The largest absolute Gasteiger partial charge is 0.381 e. The van der Waals surface area contributed by atoms with E-state index >= 15 is 0 Å². The van der Waals surface area contributed by atoms with E-state index in [-0.39, 0.29) is 0 Å². The maximum atomic E-state index is 5.79. The molecule has 0 aromatic carbocycles. The molecule has 1 aliphatic heterocycles. The van der Waals surface area contributed by atoms with Gasteiger partial charge in [-0.3, -0.25) is 0 Å². The smallest absolute Gasteiger partial charge is 0.0546 e. The summed E-state index contributed by atoms with van der Waals surface area (Å²) in [5.74, 6) is 1.20. The fourth-order valence-electron chi connectivity index (χ4n) is 2.70. The lowest BCUT2D eigenvalue weighted by Crippen LogP contribution is -2.51. The van der Waals surface area contributed by atoms with Crippen LogP contribution in [0.1, 0.15) is 33.6 Å². The van der Waals surface area contributed by atoms with E-state index in [9.17, 15) is 0 Å². The van der Waals surface area contributed by atoms with Crippen LogP contribution in [0, 0.1) is 5.41 Å². The molecule has 3 nitrogen and oxygen atoms in total. The van der Waals surface area contributed by atoms with Crippen LogP contribution in [-0.4, -0.2) is 62.3 Å². The molecule has 1 heterocycles. The molecule has 1 aliphatic rings. The molecule has 0 aromatic rings. The number of nitrogens with one attached hydrogen (secondary N) is 1. The van der Waals surface area contributed by atoms with Crippen molar-refractivity contribution in [3.63, 3.8) is 0 Å². The highest BCUT2D eigenvalue weighted by Gasteiger charge is 2.34. The number of thioether (sulfide) groups is 1. The summed E-state index contributed by atoms with van der Waals surface area (Å²) in [7, 11) is 2.26. The van der Waals surface area contributed by atoms with Gasteiger partial charge in [0.05, 0.1) is 6.61 Å². The van der Waals surface area contributed by atoms with Crippen molar-refractivity contribution in [2.24, 2.45) is 5.41 Å². The van der Waals surface area contributed by atoms with Crippen molar-refractivity contribution in [2.45, 2.75) is 45.7 Å². The van der Waals surface area contributed by atoms with Gasteiger partial charge in [0.1, 0.15) is 0 Å². The molecule has 1 saturated heterocycles. The monoisotopic (exact) mass is 288 g/mol. The first kappa shape index (κ1) is 17.3. The van der Waals surface area contributed by atoms with Gasteiger partial charge in [0, 0.05) is 42.9 Å². The van der Waals surface area contributed by atoms with Gasteiger partial charge in [-0.05, 0) is 33.1 Å². The van der Waals surface area contributed by atoms with Crippen LogP contribution < -0.4 is 5.32 Å². The number of ether oxygens (including phenoxy) is 1. The molecular formula is C15H32N2OS. The van der Waals surface area contributed by atoms with Gasteiger partial charge in [0.15, 0.2) is 0 Å². The van der Waals surface area contributed by atoms with Crippen LogP contribution in [0.15, 0.2) is 0 Å². The van der Waals surface area contributed by atoms with E-state index in [1.807, 2.05) is 11.8 Å². The molecule has 0 saturated carbocycles. The highest BCUT2D eigenvalue weighted by atomic mass is 32.2. The second-order valence-corrected chi connectivity index (χ2v) is 7.32. The van der Waals surface area contributed by atoms with Gasteiger partial charge in [-0.2, -0.15) is 11.8 Å². The minimum absolute atomic E-state index is 0.296. The Hall–Kier alpha value is 0.230. The lowest BCUT2D eigenvalue weighted by Gasteiger charge is -2.42. The van der Waals surface area contributed by atoms with Crippen LogP contribution in [0.25, 0.3) is 0 Å². The number of rotatable bonds is 8. The molecule has 1 rings (SSSR count).